The minimum atomic E-state index is -0.803. The van der Waals surface area contributed by atoms with Crippen LogP contribution in [0.3, 0.4) is 0 Å². The molecular formula is C14H20N4O3. The summed E-state index contributed by atoms with van der Waals surface area (Å²) in [4.78, 5) is 25.4. The van der Waals surface area contributed by atoms with Crippen molar-refractivity contribution in [3.63, 3.8) is 0 Å². The van der Waals surface area contributed by atoms with Crippen LogP contribution >= 0.6 is 0 Å². The molecule has 0 unspecified atom stereocenters. The maximum absolute atomic E-state index is 12.5. The summed E-state index contributed by atoms with van der Waals surface area (Å²) in [6.07, 6.45) is 5.85. The van der Waals surface area contributed by atoms with Gasteiger partial charge in [-0.2, -0.15) is 0 Å². The van der Waals surface area contributed by atoms with Gasteiger partial charge in [-0.3, -0.25) is 9.59 Å². The van der Waals surface area contributed by atoms with Crippen molar-refractivity contribution in [2.75, 3.05) is 6.54 Å². The summed E-state index contributed by atoms with van der Waals surface area (Å²) in [6, 6.07) is 0. The van der Waals surface area contributed by atoms with Gasteiger partial charge in [0, 0.05) is 19.5 Å². The van der Waals surface area contributed by atoms with Crippen LogP contribution in [0, 0.1) is 5.41 Å². The lowest BCUT2D eigenvalue weighted by atomic mass is 9.79. The van der Waals surface area contributed by atoms with Gasteiger partial charge in [0.15, 0.2) is 5.82 Å². The number of amides is 1. The van der Waals surface area contributed by atoms with Gasteiger partial charge in [-0.15, -0.1) is 10.2 Å². The lowest BCUT2D eigenvalue weighted by Gasteiger charge is -2.32. The molecule has 1 aliphatic carbocycles. The van der Waals surface area contributed by atoms with Crippen molar-refractivity contribution in [2.45, 2.75) is 51.6 Å². The Hall–Kier alpha value is -1.92. The number of aromatic nitrogens is 3. The van der Waals surface area contributed by atoms with Gasteiger partial charge in [-0.25, -0.2) is 0 Å². The standard InChI is InChI=1S/C14H20N4O3/c19-12(7-14(8-13(20)21)3-1-2-4-14)17-5-6-18-10-15-16-11(18)9-17/h10H,1-9H2,(H,20,21). The Morgan fingerprint density at radius 2 is 2.00 bits per heavy atom. The Morgan fingerprint density at radius 1 is 1.24 bits per heavy atom. The highest BCUT2D eigenvalue weighted by Crippen LogP contribution is 2.44. The van der Waals surface area contributed by atoms with E-state index in [4.69, 9.17) is 5.11 Å². The topological polar surface area (TPSA) is 88.3 Å². The van der Waals surface area contributed by atoms with E-state index < -0.39 is 5.97 Å². The molecule has 0 spiro atoms. The maximum Gasteiger partial charge on any atom is 0.303 e. The molecule has 1 fully saturated rings. The van der Waals surface area contributed by atoms with Crippen molar-refractivity contribution in [1.82, 2.24) is 19.7 Å². The fraction of sp³-hybridized carbons (Fsp3) is 0.714. The number of aliphatic carboxylic acids is 1. The van der Waals surface area contributed by atoms with Gasteiger partial charge < -0.3 is 14.6 Å². The van der Waals surface area contributed by atoms with E-state index in [-0.39, 0.29) is 17.7 Å². The third-order valence-corrected chi connectivity index (χ3v) is 4.71. The number of carboxylic acids is 1. The summed E-state index contributed by atoms with van der Waals surface area (Å²) < 4.78 is 1.95. The minimum absolute atomic E-state index is 0.0485. The quantitative estimate of drug-likeness (QED) is 0.896. The van der Waals surface area contributed by atoms with E-state index in [0.29, 0.717) is 26.1 Å². The minimum Gasteiger partial charge on any atom is -0.481 e. The van der Waals surface area contributed by atoms with Crippen molar-refractivity contribution in [3.8, 4) is 0 Å². The molecule has 1 aliphatic heterocycles. The van der Waals surface area contributed by atoms with E-state index in [1.165, 1.54) is 0 Å². The highest BCUT2D eigenvalue weighted by atomic mass is 16.4. The SMILES string of the molecule is O=C(O)CC1(CC(=O)N2CCn3cnnc3C2)CCCC1. The van der Waals surface area contributed by atoms with Gasteiger partial charge >= 0.3 is 5.97 Å². The van der Waals surface area contributed by atoms with Crippen molar-refractivity contribution in [3.05, 3.63) is 12.2 Å². The molecule has 1 amide bonds. The van der Waals surface area contributed by atoms with Gasteiger partial charge in [-0.05, 0) is 18.3 Å². The molecule has 7 nitrogen and oxygen atoms in total. The van der Waals surface area contributed by atoms with Crippen LogP contribution in [-0.2, 0) is 22.7 Å². The van der Waals surface area contributed by atoms with Gasteiger partial charge in [0.25, 0.3) is 0 Å². The summed E-state index contributed by atoms with van der Waals surface area (Å²) in [7, 11) is 0. The molecule has 3 rings (SSSR count). The molecule has 1 saturated carbocycles. The average molecular weight is 292 g/mol. The first kappa shape index (κ1) is 14.0. The summed E-state index contributed by atoms with van der Waals surface area (Å²) >= 11 is 0. The van der Waals surface area contributed by atoms with E-state index in [2.05, 4.69) is 10.2 Å². The molecule has 1 N–H and O–H groups in total. The number of carboxylic acid groups (broad SMARTS) is 1. The summed E-state index contributed by atoms with van der Waals surface area (Å²) in [5.74, 6) is 0.0452. The molecule has 21 heavy (non-hydrogen) atoms. The molecule has 2 heterocycles. The van der Waals surface area contributed by atoms with Crippen LogP contribution in [0.15, 0.2) is 6.33 Å². The first-order chi connectivity index (χ1) is 10.1. The van der Waals surface area contributed by atoms with Crippen LogP contribution in [0.2, 0.25) is 0 Å². The number of rotatable bonds is 4. The van der Waals surface area contributed by atoms with Gasteiger partial charge in [-0.1, -0.05) is 12.8 Å². The lowest BCUT2D eigenvalue weighted by Crippen LogP contribution is -2.40. The molecule has 2 aliphatic rings. The number of carbonyl (C=O) groups excluding carboxylic acids is 1. The molecule has 1 aromatic heterocycles. The first-order valence-corrected chi connectivity index (χ1v) is 7.44. The van der Waals surface area contributed by atoms with Gasteiger partial charge in [0.05, 0.1) is 13.0 Å². The van der Waals surface area contributed by atoms with Gasteiger partial charge in [0.2, 0.25) is 5.91 Å². The van der Waals surface area contributed by atoms with Crippen molar-refractivity contribution < 1.29 is 14.7 Å². The van der Waals surface area contributed by atoms with Gasteiger partial charge in [0.1, 0.15) is 6.33 Å². The fourth-order valence-electron chi connectivity index (χ4n) is 3.57. The smallest absolute Gasteiger partial charge is 0.303 e. The molecular weight excluding hydrogens is 272 g/mol. The predicted molar refractivity (Wildman–Crippen MR) is 73.2 cm³/mol. The second-order valence-corrected chi connectivity index (χ2v) is 6.21. The van der Waals surface area contributed by atoms with Crippen molar-refractivity contribution >= 4 is 11.9 Å². The number of fused-ring (bicyclic) bond motifs is 1. The van der Waals surface area contributed by atoms with Crippen molar-refractivity contribution in [2.24, 2.45) is 5.41 Å². The first-order valence-electron chi connectivity index (χ1n) is 7.44. The predicted octanol–water partition coefficient (Wildman–Crippen LogP) is 1.05. The lowest BCUT2D eigenvalue weighted by molar-refractivity contribution is -0.142. The van der Waals surface area contributed by atoms with Crippen LogP contribution in [0.25, 0.3) is 0 Å². The molecule has 0 aromatic carbocycles. The van der Waals surface area contributed by atoms with E-state index in [0.717, 1.165) is 31.5 Å². The molecule has 7 heteroatoms. The molecule has 114 valence electrons. The third-order valence-electron chi connectivity index (χ3n) is 4.71. The Labute approximate surface area is 123 Å². The zero-order valence-corrected chi connectivity index (χ0v) is 12.0. The molecule has 0 atom stereocenters. The largest absolute Gasteiger partial charge is 0.481 e. The Morgan fingerprint density at radius 3 is 2.71 bits per heavy atom. The Bertz CT molecular complexity index is 548. The molecule has 1 aromatic rings. The van der Waals surface area contributed by atoms with Crippen molar-refractivity contribution in [1.29, 1.82) is 0 Å². The van der Waals surface area contributed by atoms with Crippen LogP contribution in [-0.4, -0.2) is 43.2 Å². The Balaban J connectivity index is 1.67. The Kier molecular flexibility index (Phi) is 3.65. The molecule has 0 saturated heterocycles. The average Bonchev–Trinajstić information content (AvgIpc) is 3.06. The fourth-order valence-corrected chi connectivity index (χ4v) is 3.57. The monoisotopic (exact) mass is 292 g/mol. The van der Waals surface area contributed by atoms with Crippen LogP contribution in [0.4, 0.5) is 0 Å². The zero-order chi connectivity index (χ0) is 14.9. The van der Waals surface area contributed by atoms with Crippen LogP contribution in [0.5, 0.6) is 0 Å². The van der Waals surface area contributed by atoms with Crippen LogP contribution in [0.1, 0.15) is 44.3 Å². The van der Waals surface area contributed by atoms with E-state index in [1.807, 2.05) is 4.57 Å². The normalized spacial score (nSPS) is 20.3. The van der Waals surface area contributed by atoms with E-state index in [1.54, 1.807) is 11.2 Å². The van der Waals surface area contributed by atoms with E-state index >= 15 is 0 Å². The summed E-state index contributed by atoms with van der Waals surface area (Å²) in [5.41, 5.74) is -0.339. The van der Waals surface area contributed by atoms with E-state index in [9.17, 15) is 9.59 Å². The second-order valence-electron chi connectivity index (χ2n) is 6.21. The zero-order valence-electron chi connectivity index (χ0n) is 12.0. The number of carbonyl (C=O) groups is 2. The summed E-state index contributed by atoms with van der Waals surface area (Å²) in [6.45, 7) is 1.83. The highest BCUT2D eigenvalue weighted by Gasteiger charge is 2.39. The number of hydrogen-bond donors (Lipinski definition) is 1. The molecule has 0 bridgehead atoms. The second kappa shape index (κ2) is 5.46. The molecule has 0 radical (unpaired) electrons. The van der Waals surface area contributed by atoms with Crippen LogP contribution < -0.4 is 0 Å². The third kappa shape index (κ3) is 2.91. The summed E-state index contributed by atoms with van der Waals surface area (Å²) in [5, 5.41) is 17.0. The highest BCUT2D eigenvalue weighted by molar-refractivity contribution is 5.78. The number of nitrogens with zero attached hydrogens (tertiary/aromatic N) is 4. The number of hydrogen-bond acceptors (Lipinski definition) is 4. The maximum atomic E-state index is 12.5.